The lowest BCUT2D eigenvalue weighted by molar-refractivity contribution is -0.384. The van der Waals surface area contributed by atoms with Gasteiger partial charge in [-0.2, -0.15) is 5.26 Å². The van der Waals surface area contributed by atoms with E-state index in [0.717, 1.165) is 0 Å². The fraction of sp³-hybridized carbons (Fsp3) is 0.500. The van der Waals surface area contributed by atoms with Crippen LogP contribution in [0.4, 0.5) is 5.69 Å². The summed E-state index contributed by atoms with van der Waals surface area (Å²) in [5.74, 6) is 0.615. The van der Waals surface area contributed by atoms with Gasteiger partial charge in [0.2, 0.25) is 0 Å². The molecule has 1 unspecified atom stereocenters. The number of nitrogens with zero attached hydrogens (tertiary/aromatic N) is 2. The highest BCUT2D eigenvalue weighted by molar-refractivity contribution is 5.48. The van der Waals surface area contributed by atoms with Crippen molar-refractivity contribution in [2.45, 2.75) is 32.4 Å². The highest BCUT2D eigenvalue weighted by atomic mass is 16.6. The van der Waals surface area contributed by atoms with E-state index in [0.29, 0.717) is 5.75 Å². The Labute approximate surface area is 123 Å². The monoisotopic (exact) mass is 293 g/mol. The van der Waals surface area contributed by atoms with Gasteiger partial charge in [0.1, 0.15) is 12.1 Å². The summed E-state index contributed by atoms with van der Waals surface area (Å²) in [5.41, 5.74) is -0.941. The van der Waals surface area contributed by atoms with Gasteiger partial charge < -0.3 is 9.47 Å². The number of nitro groups is 1. The predicted molar refractivity (Wildman–Crippen MR) is 77.4 cm³/mol. The molecule has 1 atom stereocenters. The van der Waals surface area contributed by atoms with Crippen LogP contribution in [-0.4, -0.2) is 30.2 Å². The zero-order chi connectivity index (χ0) is 16.0. The maximum Gasteiger partial charge on any atom is 0.273 e. The first-order chi connectivity index (χ1) is 9.81. The fourth-order valence-electron chi connectivity index (χ4n) is 1.85. The molecule has 0 saturated heterocycles. The molecule has 0 bridgehead atoms. The Bertz CT molecular complexity index is 554. The molecule has 1 aromatic rings. The molecule has 21 heavy (non-hydrogen) atoms. The summed E-state index contributed by atoms with van der Waals surface area (Å²) in [6, 6.07) is 6.36. The summed E-state index contributed by atoms with van der Waals surface area (Å²) in [5, 5.41) is 23.1. The first-order valence-electron chi connectivity index (χ1n) is 6.45. The third kappa shape index (κ3) is 4.61. The Hall–Kier alpha value is -2.33. The summed E-state index contributed by atoms with van der Waals surface area (Å²) in [4.78, 5) is 10.2. The number of hydrogen-bond donors (Lipinski definition) is 1. The first kappa shape index (κ1) is 16.7. The summed E-state index contributed by atoms with van der Waals surface area (Å²) >= 11 is 0. The number of hydrogen-bond acceptors (Lipinski definition) is 6. The van der Waals surface area contributed by atoms with Crippen molar-refractivity contribution in [2.24, 2.45) is 0 Å². The van der Waals surface area contributed by atoms with E-state index in [1.54, 1.807) is 6.92 Å². The smallest absolute Gasteiger partial charge is 0.273 e. The molecule has 0 heterocycles. The van der Waals surface area contributed by atoms with Crippen molar-refractivity contribution in [3.63, 3.8) is 0 Å². The van der Waals surface area contributed by atoms with Gasteiger partial charge in [0.25, 0.3) is 5.69 Å². The second kappa shape index (κ2) is 6.90. The number of ether oxygens (including phenoxy) is 2. The van der Waals surface area contributed by atoms with E-state index in [-0.39, 0.29) is 24.1 Å². The number of nitrogens with one attached hydrogen (secondary N) is 1. The van der Waals surface area contributed by atoms with Gasteiger partial charge in [0.15, 0.2) is 11.5 Å². The van der Waals surface area contributed by atoms with E-state index in [1.165, 1.54) is 25.3 Å². The highest BCUT2D eigenvalue weighted by Gasteiger charge is 2.26. The molecule has 0 fully saturated rings. The average molecular weight is 293 g/mol. The highest BCUT2D eigenvalue weighted by Crippen LogP contribution is 2.31. The third-order valence-electron chi connectivity index (χ3n) is 2.73. The molecule has 0 spiro atoms. The molecule has 1 N–H and O–H groups in total. The van der Waals surface area contributed by atoms with E-state index in [4.69, 9.17) is 9.47 Å². The number of benzene rings is 1. The lowest BCUT2D eigenvalue weighted by Crippen LogP contribution is -2.49. The van der Waals surface area contributed by atoms with Crippen LogP contribution in [0.1, 0.15) is 20.8 Å². The van der Waals surface area contributed by atoms with E-state index in [2.05, 4.69) is 11.4 Å². The summed E-state index contributed by atoms with van der Waals surface area (Å²) in [7, 11) is 1.40. The third-order valence-corrected chi connectivity index (χ3v) is 2.73. The molecule has 0 amide bonds. The standard InChI is InChI=1S/C14H19N3O4/c1-10(2)16-14(3,8-15)9-21-12-6-5-11(17(18)19)7-13(12)20-4/h5-7,10,16H,9H2,1-4H3. The zero-order valence-electron chi connectivity index (χ0n) is 12.5. The summed E-state index contributed by atoms with van der Waals surface area (Å²) in [6.07, 6.45) is 0. The minimum atomic E-state index is -0.860. The maximum atomic E-state index is 10.7. The Morgan fingerprint density at radius 2 is 2.14 bits per heavy atom. The Kier molecular flexibility index (Phi) is 5.50. The molecule has 0 aliphatic heterocycles. The second-order valence-corrected chi connectivity index (χ2v) is 5.12. The molecular weight excluding hydrogens is 274 g/mol. The molecule has 0 saturated carbocycles. The van der Waals surface area contributed by atoms with Crippen LogP contribution in [0.3, 0.4) is 0 Å². The summed E-state index contributed by atoms with van der Waals surface area (Å²) in [6.45, 7) is 5.69. The molecule has 7 nitrogen and oxygen atoms in total. The lowest BCUT2D eigenvalue weighted by atomic mass is 10.1. The van der Waals surface area contributed by atoms with Gasteiger partial charge in [-0.25, -0.2) is 0 Å². The van der Waals surface area contributed by atoms with Crippen LogP contribution in [0, 0.1) is 21.4 Å². The Morgan fingerprint density at radius 1 is 1.48 bits per heavy atom. The molecule has 0 aliphatic carbocycles. The van der Waals surface area contributed by atoms with Gasteiger partial charge >= 0.3 is 0 Å². The predicted octanol–water partition coefficient (Wildman–Crippen LogP) is 2.26. The van der Waals surface area contributed by atoms with Crippen LogP contribution in [0.2, 0.25) is 0 Å². The van der Waals surface area contributed by atoms with Gasteiger partial charge in [-0.05, 0) is 26.8 Å². The molecule has 114 valence electrons. The quantitative estimate of drug-likeness (QED) is 0.611. The van der Waals surface area contributed by atoms with Crippen molar-refractivity contribution in [1.82, 2.24) is 5.32 Å². The fourth-order valence-corrected chi connectivity index (χ4v) is 1.85. The number of nitro benzene ring substituents is 1. The van der Waals surface area contributed by atoms with E-state index < -0.39 is 10.5 Å². The van der Waals surface area contributed by atoms with Crippen LogP contribution in [0.15, 0.2) is 18.2 Å². The molecule has 0 aliphatic rings. The molecule has 0 radical (unpaired) electrons. The largest absolute Gasteiger partial charge is 0.493 e. The van der Waals surface area contributed by atoms with Gasteiger partial charge in [0.05, 0.1) is 24.2 Å². The summed E-state index contributed by atoms with van der Waals surface area (Å²) < 4.78 is 10.7. The van der Waals surface area contributed by atoms with Crippen molar-refractivity contribution >= 4 is 5.69 Å². The molecular formula is C14H19N3O4. The van der Waals surface area contributed by atoms with Gasteiger partial charge in [0, 0.05) is 12.1 Å². The van der Waals surface area contributed by atoms with Crippen molar-refractivity contribution in [3.05, 3.63) is 28.3 Å². The van der Waals surface area contributed by atoms with Crippen LogP contribution < -0.4 is 14.8 Å². The van der Waals surface area contributed by atoms with Gasteiger partial charge in [-0.1, -0.05) is 0 Å². The van der Waals surface area contributed by atoms with Crippen LogP contribution in [-0.2, 0) is 0 Å². The van der Waals surface area contributed by atoms with Crippen LogP contribution in [0.5, 0.6) is 11.5 Å². The van der Waals surface area contributed by atoms with Gasteiger partial charge in [-0.15, -0.1) is 0 Å². The van der Waals surface area contributed by atoms with E-state index >= 15 is 0 Å². The topological polar surface area (TPSA) is 97.4 Å². The van der Waals surface area contributed by atoms with Crippen molar-refractivity contribution in [2.75, 3.05) is 13.7 Å². The van der Waals surface area contributed by atoms with E-state index in [1.807, 2.05) is 13.8 Å². The molecule has 0 aromatic heterocycles. The number of nitriles is 1. The Balaban J connectivity index is 2.88. The maximum absolute atomic E-state index is 10.7. The van der Waals surface area contributed by atoms with E-state index in [9.17, 15) is 15.4 Å². The molecule has 1 aromatic carbocycles. The minimum absolute atomic E-state index is 0.0810. The SMILES string of the molecule is COc1cc([N+](=O)[O-])ccc1OCC(C)(C#N)NC(C)C. The van der Waals surface area contributed by atoms with Gasteiger partial charge in [-0.3, -0.25) is 15.4 Å². The second-order valence-electron chi connectivity index (χ2n) is 5.12. The normalized spacial score (nSPS) is 13.3. The van der Waals surface area contributed by atoms with Crippen LogP contribution in [0.25, 0.3) is 0 Å². The lowest BCUT2D eigenvalue weighted by Gasteiger charge is -2.26. The van der Waals surface area contributed by atoms with Crippen molar-refractivity contribution in [3.8, 4) is 17.6 Å². The average Bonchev–Trinajstić information content (AvgIpc) is 2.44. The van der Waals surface area contributed by atoms with Crippen molar-refractivity contribution < 1.29 is 14.4 Å². The Morgan fingerprint density at radius 3 is 2.62 bits per heavy atom. The molecule has 1 rings (SSSR count). The first-order valence-corrected chi connectivity index (χ1v) is 6.45. The minimum Gasteiger partial charge on any atom is -0.493 e. The number of non-ortho nitro benzene ring substituents is 1. The number of rotatable bonds is 7. The van der Waals surface area contributed by atoms with Crippen LogP contribution >= 0.6 is 0 Å². The van der Waals surface area contributed by atoms with Crippen molar-refractivity contribution in [1.29, 1.82) is 5.26 Å². The zero-order valence-corrected chi connectivity index (χ0v) is 12.5. The number of methoxy groups -OCH3 is 1. The molecule has 7 heteroatoms.